The van der Waals surface area contributed by atoms with Crippen molar-refractivity contribution in [2.45, 2.75) is 29.7 Å². The van der Waals surface area contributed by atoms with E-state index in [1.54, 1.807) is 24.8 Å². The van der Waals surface area contributed by atoms with Crippen LogP contribution in [-0.4, -0.2) is 36.5 Å². The van der Waals surface area contributed by atoms with Crippen molar-refractivity contribution in [1.82, 2.24) is 5.32 Å². The zero-order valence-electron chi connectivity index (χ0n) is 15.9. The number of methoxy groups -OCH3 is 1. The van der Waals surface area contributed by atoms with Crippen molar-refractivity contribution in [3.63, 3.8) is 0 Å². The van der Waals surface area contributed by atoms with Gasteiger partial charge < -0.3 is 10.1 Å². The fraction of sp³-hybridized carbons (Fsp3) is 0.333. The van der Waals surface area contributed by atoms with E-state index >= 15 is 0 Å². The largest absolute Gasteiger partial charge is 0.468 e. The van der Waals surface area contributed by atoms with Crippen molar-refractivity contribution in [2.75, 3.05) is 19.4 Å². The Bertz CT molecular complexity index is 762. The topological polar surface area (TPSA) is 55.4 Å². The summed E-state index contributed by atoms with van der Waals surface area (Å²) in [4.78, 5) is 24.9. The number of carbonyl (C=O) groups is 2. The Labute approximate surface area is 169 Å². The second-order valence-electron chi connectivity index (χ2n) is 6.07. The van der Waals surface area contributed by atoms with Gasteiger partial charge in [-0.2, -0.15) is 11.8 Å². The number of carbonyl (C=O) groups excluding carboxylic acids is 2. The van der Waals surface area contributed by atoms with Crippen molar-refractivity contribution >= 4 is 35.4 Å². The SMILES string of the molecule is COC(=O)C(C)Sc1ccccc1C(=O)NCCSCc1ccc(C)cc1. The highest BCUT2D eigenvalue weighted by atomic mass is 32.2. The monoisotopic (exact) mass is 403 g/mol. The van der Waals surface area contributed by atoms with Gasteiger partial charge in [0.1, 0.15) is 5.25 Å². The van der Waals surface area contributed by atoms with E-state index in [0.717, 1.165) is 16.4 Å². The maximum atomic E-state index is 12.5. The third-order valence-electron chi connectivity index (χ3n) is 3.89. The molecule has 0 radical (unpaired) electrons. The molecule has 0 spiro atoms. The average molecular weight is 404 g/mol. The molecule has 27 heavy (non-hydrogen) atoms. The molecule has 0 heterocycles. The van der Waals surface area contributed by atoms with Crippen LogP contribution >= 0.6 is 23.5 Å². The number of nitrogens with one attached hydrogen (secondary N) is 1. The molecule has 2 aromatic rings. The van der Waals surface area contributed by atoms with Gasteiger partial charge in [-0.05, 0) is 31.5 Å². The van der Waals surface area contributed by atoms with E-state index in [9.17, 15) is 9.59 Å². The highest BCUT2D eigenvalue weighted by molar-refractivity contribution is 8.00. The molecule has 144 valence electrons. The Morgan fingerprint density at radius 3 is 2.52 bits per heavy atom. The zero-order chi connectivity index (χ0) is 19.6. The maximum Gasteiger partial charge on any atom is 0.318 e. The second kappa shape index (κ2) is 11.0. The minimum Gasteiger partial charge on any atom is -0.468 e. The third-order valence-corrected chi connectivity index (χ3v) is 6.08. The van der Waals surface area contributed by atoms with Gasteiger partial charge in [0.2, 0.25) is 0 Å². The highest BCUT2D eigenvalue weighted by Gasteiger charge is 2.18. The van der Waals surface area contributed by atoms with Crippen molar-refractivity contribution in [3.05, 3.63) is 65.2 Å². The van der Waals surface area contributed by atoms with Gasteiger partial charge in [-0.3, -0.25) is 9.59 Å². The summed E-state index contributed by atoms with van der Waals surface area (Å²) in [5.41, 5.74) is 3.13. The molecule has 2 aromatic carbocycles. The van der Waals surface area contributed by atoms with Crippen molar-refractivity contribution < 1.29 is 14.3 Å². The molecule has 0 aliphatic carbocycles. The predicted molar refractivity (Wildman–Crippen MR) is 113 cm³/mol. The lowest BCUT2D eigenvalue weighted by atomic mass is 10.2. The van der Waals surface area contributed by atoms with E-state index in [-0.39, 0.29) is 17.1 Å². The van der Waals surface area contributed by atoms with Crippen LogP contribution in [0.4, 0.5) is 0 Å². The van der Waals surface area contributed by atoms with E-state index in [1.807, 2.05) is 18.2 Å². The molecule has 0 bridgehead atoms. The molecule has 0 saturated carbocycles. The lowest BCUT2D eigenvalue weighted by molar-refractivity contribution is -0.139. The number of hydrogen-bond acceptors (Lipinski definition) is 5. The quantitative estimate of drug-likeness (QED) is 0.384. The summed E-state index contributed by atoms with van der Waals surface area (Å²) in [5, 5.41) is 2.60. The van der Waals surface area contributed by atoms with Gasteiger partial charge in [0, 0.05) is 22.9 Å². The number of thioether (sulfide) groups is 2. The Balaban J connectivity index is 1.81. The van der Waals surface area contributed by atoms with Gasteiger partial charge in [0.25, 0.3) is 5.91 Å². The summed E-state index contributed by atoms with van der Waals surface area (Å²) < 4.78 is 4.76. The third kappa shape index (κ3) is 6.96. The van der Waals surface area contributed by atoms with E-state index in [1.165, 1.54) is 30.0 Å². The van der Waals surface area contributed by atoms with Crippen LogP contribution < -0.4 is 5.32 Å². The van der Waals surface area contributed by atoms with Crippen LogP contribution in [-0.2, 0) is 15.3 Å². The number of esters is 1. The Morgan fingerprint density at radius 1 is 1.11 bits per heavy atom. The van der Waals surface area contributed by atoms with Gasteiger partial charge in [0.15, 0.2) is 0 Å². The summed E-state index contributed by atoms with van der Waals surface area (Å²) in [6.45, 7) is 4.45. The fourth-order valence-electron chi connectivity index (χ4n) is 2.37. The van der Waals surface area contributed by atoms with Crippen LogP contribution in [0.15, 0.2) is 53.4 Å². The Morgan fingerprint density at radius 2 is 1.81 bits per heavy atom. The number of rotatable bonds is 9. The van der Waals surface area contributed by atoms with Gasteiger partial charge in [0.05, 0.1) is 12.7 Å². The maximum absolute atomic E-state index is 12.5. The van der Waals surface area contributed by atoms with Crippen LogP contribution in [0.2, 0.25) is 0 Å². The van der Waals surface area contributed by atoms with Gasteiger partial charge >= 0.3 is 5.97 Å². The molecule has 6 heteroatoms. The molecule has 2 rings (SSSR count). The molecule has 4 nitrogen and oxygen atoms in total. The number of aryl methyl sites for hydroxylation is 1. The standard InChI is InChI=1S/C21H25NO3S2/c1-15-8-10-17(11-9-15)14-26-13-12-22-20(23)18-6-4-5-7-19(18)27-16(2)21(24)25-3/h4-11,16H,12-14H2,1-3H3,(H,22,23). The van der Waals surface area contributed by atoms with Crippen LogP contribution in [0.25, 0.3) is 0 Å². The molecule has 0 aromatic heterocycles. The molecular weight excluding hydrogens is 378 g/mol. The molecule has 1 atom stereocenters. The van der Waals surface area contributed by atoms with Crippen LogP contribution in [0.5, 0.6) is 0 Å². The summed E-state index contributed by atoms with van der Waals surface area (Å²) in [6, 6.07) is 15.8. The number of hydrogen-bond donors (Lipinski definition) is 1. The van der Waals surface area contributed by atoms with E-state index in [2.05, 4.69) is 36.5 Å². The molecule has 1 amide bonds. The van der Waals surface area contributed by atoms with E-state index in [4.69, 9.17) is 4.74 Å². The summed E-state index contributed by atoms with van der Waals surface area (Å²) in [7, 11) is 1.37. The first-order valence-electron chi connectivity index (χ1n) is 8.76. The molecule has 1 N–H and O–H groups in total. The van der Waals surface area contributed by atoms with E-state index < -0.39 is 0 Å². The molecular formula is C21H25NO3S2. The molecule has 1 unspecified atom stereocenters. The van der Waals surface area contributed by atoms with Gasteiger partial charge in [-0.25, -0.2) is 0 Å². The Kier molecular flexibility index (Phi) is 8.75. The van der Waals surface area contributed by atoms with Crippen molar-refractivity contribution in [2.24, 2.45) is 0 Å². The average Bonchev–Trinajstić information content (AvgIpc) is 2.68. The van der Waals surface area contributed by atoms with Gasteiger partial charge in [-0.1, -0.05) is 42.0 Å². The summed E-state index contributed by atoms with van der Waals surface area (Å²) >= 11 is 3.12. The first-order valence-corrected chi connectivity index (χ1v) is 10.8. The normalized spacial score (nSPS) is 11.7. The fourth-order valence-corrected chi connectivity index (χ4v) is 4.20. The van der Waals surface area contributed by atoms with Crippen molar-refractivity contribution in [3.8, 4) is 0 Å². The lowest BCUT2D eigenvalue weighted by Gasteiger charge is -2.13. The Hall–Kier alpha value is -1.92. The molecule has 0 saturated heterocycles. The number of benzene rings is 2. The zero-order valence-corrected chi connectivity index (χ0v) is 17.5. The lowest BCUT2D eigenvalue weighted by Crippen LogP contribution is -2.26. The van der Waals surface area contributed by atoms with E-state index in [0.29, 0.717) is 12.1 Å². The number of amides is 1. The molecule has 0 fully saturated rings. The molecule has 0 aliphatic heterocycles. The second-order valence-corrected chi connectivity index (χ2v) is 8.56. The highest BCUT2D eigenvalue weighted by Crippen LogP contribution is 2.27. The predicted octanol–water partition coefficient (Wildman–Crippen LogP) is 4.31. The molecule has 0 aliphatic rings. The first-order chi connectivity index (χ1) is 13.0. The van der Waals surface area contributed by atoms with Crippen molar-refractivity contribution in [1.29, 1.82) is 0 Å². The summed E-state index contributed by atoms with van der Waals surface area (Å²) in [5.74, 6) is 1.35. The van der Waals surface area contributed by atoms with Crippen LogP contribution in [0.1, 0.15) is 28.4 Å². The first kappa shape index (κ1) is 21.4. The minimum atomic E-state index is -0.367. The minimum absolute atomic E-state index is 0.119. The number of ether oxygens (including phenoxy) is 1. The summed E-state index contributed by atoms with van der Waals surface area (Å²) in [6.07, 6.45) is 0. The van der Waals surface area contributed by atoms with Crippen LogP contribution in [0.3, 0.4) is 0 Å². The smallest absolute Gasteiger partial charge is 0.318 e. The van der Waals surface area contributed by atoms with Crippen LogP contribution in [0, 0.1) is 6.92 Å². The van der Waals surface area contributed by atoms with Gasteiger partial charge in [-0.15, -0.1) is 11.8 Å².